The Morgan fingerprint density at radius 1 is 0.474 bits per heavy atom. The van der Waals surface area contributed by atoms with Crippen molar-refractivity contribution in [3.05, 3.63) is 0 Å². The molecule has 0 unspecified atom stereocenters. The second-order valence-electron chi connectivity index (χ2n) is 4.45. The van der Waals surface area contributed by atoms with Gasteiger partial charge in [-0.3, -0.25) is 0 Å². The lowest BCUT2D eigenvalue weighted by atomic mass is 9.71. The Kier molecular flexibility index (Phi) is 9.28. The lowest BCUT2D eigenvalue weighted by Gasteiger charge is -2.35. The van der Waals surface area contributed by atoms with Crippen LogP contribution in [0, 0.1) is 11.8 Å². The molecule has 0 atom stereocenters. The minimum atomic E-state index is -6.00. The molecule has 113 valence electrons. The van der Waals surface area contributed by atoms with E-state index in [2.05, 4.69) is 0 Å². The zero-order chi connectivity index (χ0) is 14.4. The molecule has 0 aromatic heterocycles. The molecule has 0 N–H and O–H groups in total. The minimum Gasteiger partial charge on any atom is -0.418 e. The summed E-state index contributed by atoms with van der Waals surface area (Å²) in [4.78, 5) is 0. The van der Waals surface area contributed by atoms with Gasteiger partial charge in [0.1, 0.15) is 0 Å². The maximum Gasteiger partial charge on any atom is 2.00 e. The molecule has 0 amide bonds. The summed E-state index contributed by atoms with van der Waals surface area (Å²) in [6.07, 6.45) is 9.36. The van der Waals surface area contributed by atoms with E-state index < -0.39 is 14.5 Å². The van der Waals surface area contributed by atoms with Gasteiger partial charge in [0.15, 0.2) is 0 Å². The predicted molar refractivity (Wildman–Crippen MR) is 57.2 cm³/mol. The molecule has 3 radical (unpaired) electrons. The Labute approximate surface area is 106 Å². The predicted octanol–water partition coefficient (Wildman–Crippen LogP) is 4.71. The van der Waals surface area contributed by atoms with E-state index in [-0.39, 0.29) is 6.15 Å². The number of fused-ring (bicyclic) bond motifs is 3. The largest absolute Gasteiger partial charge is 2.00 e. The van der Waals surface area contributed by atoms with Gasteiger partial charge in [0.25, 0.3) is 0 Å². The fraction of sp³-hybridized carbons (Fsp3) is 1.00. The van der Waals surface area contributed by atoms with Crippen molar-refractivity contribution in [1.29, 1.82) is 0 Å². The van der Waals surface area contributed by atoms with Crippen molar-refractivity contribution < 1.29 is 34.5 Å². The lowest BCUT2D eigenvalue weighted by Crippen LogP contribution is -2.21. The van der Waals surface area contributed by atoms with Crippen LogP contribution in [-0.4, -0.2) is 14.5 Å². The summed E-state index contributed by atoms with van der Waals surface area (Å²) in [6.45, 7) is 0. The van der Waals surface area contributed by atoms with Gasteiger partial charge in [-0.25, -0.2) is 0 Å². The van der Waals surface area contributed by atoms with Gasteiger partial charge in [-0.05, 0) is 11.8 Å². The van der Waals surface area contributed by atoms with Crippen molar-refractivity contribution in [3.8, 4) is 0 Å². The van der Waals surface area contributed by atoms with E-state index in [1.54, 1.807) is 38.5 Å². The lowest BCUT2D eigenvalue weighted by molar-refractivity contribution is 0.176. The minimum absolute atomic E-state index is 0. The number of hydrogen-bond donors (Lipinski definition) is 0. The monoisotopic (exact) mass is 298 g/mol. The average Bonchev–Trinajstić information content (AvgIpc) is 2.15. The fourth-order valence-electron chi connectivity index (χ4n) is 2.28. The maximum atomic E-state index is 9.75. The van der Waals surface area contributed by atoms with Crippen LogP contribution in [0.1, 0.15) is 38.5 Å². The second-order valence-corrected chi connectivity index (χ2v) is 4.45. The average molecular weight is 298 g/mol. The third-order valence-electron chi connectivity index (χ3n) is 2.95. The van der Waals surface area contributed by atoms with Crippen molar-refractivity contribution in [3.63, 3.8) is 0 Å². The molecule has 0 spiro atoms. The molecule has 3 rings (SSSR count). The molecule has 19 heavy (non-hydrogen) atoms. The second kappa shape index (κ2) is 8.52. The number of rotatable bonds is 0. The van der Waals surface area contributed by atoms with Gasteiger partial charge in [-0.2, -0.15) is 0 Å². The first-order chi connectivity index (χ1) is 7.95. The molecule has 3 aliphatic carbocycles. The molecular formula is C8H14B2F8N. The Morgan fingerprint density at radius 2 is 0.579 bits per heavy atom. The maximum absolute atomic E-state index is 9.75. The first-order valence-electron chi connectivity index (χ1n) is 5.70. The van der Waals surface area contributed by atoms with Crippen molar-refractivity contribution in [2.45, 2.75) is 38.5 Å². The smallest absolute Gasteiger partial charge is 0.418 e. The van der Waals surface area contributed by atoms with Crippen LogP contribution in [0.4, 0.5) is 34.5 Å². The van der Waals surface area contributed by atoms with E-state index in [0.717, 1.165) is 11.8 Å². The van der Waals surface area contributed by atoms with Crippen LogP contribution >= 0.6 is 0 Å². The molecule has 11 heteroatoms. The summed E-state index contributed by atoms with van der Waals surface area (Å²) in [7, 11) is -12.0. The molecule has 0 saturated heterocycles. The molecule has 0 heterocycles. The first-order valence-corrected chi connectivity index (χ1v) is 5.70. The van der Waals surface area contributed by atoms with E-state index >= 15 is 0 Å². The van der Waals surface area contributed by atoms with Gasteiger partial charge in [0.05, 0.1) is 0 Å². The van der Waals surface area contributed by atoms with Gasteiger partial charge in [0.2, 0.25) is 0 Å². The summed E-state index contributed by atoms with van der Waals surface area (Å²) in [6, 6.07) is 0. The van der Waals surface area contributed by atoms with Crippen molar-refractivity contribution in [2.24, 2.45) is 11.8 Å². The Bertz CT molecular complexity index is 177. The standard InChI is InChI=1S/C8H14.2BF4.N/c1-2-8-5-3-7(1)4-6-8;2*2-1(3,4)5;/h7-8H,1-6H2;;;/q;2*-1;+2. The summed E-state index contributed by atoms with van der Waals surface area (Å²) in [5.41, 5.74) is 0. The van der Waals surface area contributed by atoms with Crippen molar-refractivity contribution in [2.75, 3.05) is 0 Å². The van der Waals surface area contributed by atoms with E-state index in [1.807, 2.05) is 0 Å². The van der Waals surface area contributed by atoms with Crippen LogP contribution in [0.25, 0.3) is 0 Å². The SMILES string of the molecule is C1CC2CCC1CC2.F[B-](F)(F)F.F[B-](F)(F)F.[N+2]. The molecule has 0 aliphatic heterocycles. The van der Waals surface area contributed by atoms with Crippen molar-refractivity contribution >= 4 is 14.5 Å². The molecule has 3 saturated carbocycles. The van der Waals surface area contributed by atoms with Gasteiger partial charge in [0, 0.05) is 0 Å². The van der Waals surface area contributed by atoms with Crippen LogP contribution in [0.5, 0.6) is 0 Å². The zero-order valence-electron chi connectivity index (χ0n) is 10.0. The highest BCUT2D eigenvalue weighted by atomic mass is 19.5. The number of nitrogens with zero attached hydrogens (tertiary/aromatic N) is 1. The fourth-order valence-corrected chi connectivity index (χ4v) is 2.28. The summed E-state index contributed by atoms with van der Waals surface area (Å²) < 4.78 is 78.0. The molecule has 1 nitrogen and oxygen atoms in total. The quantitative estimate of drug-likeness (QED) is 0.458. The highest BCUT2D eigenvalue weighted by Crippen LogP contribution is 2.40. The molecule has 2 bridgehead atoms. The van der Waals surface area contributed by atoms with Gasteiger partial charge < -0.3 is 34.5 Å². The van der Waals surface area contributed by atoms with Crippen LogP contribution in [0.3, 0.4) is 0 Å². The highest BCUT2D eigenvalue weighted by Gasteiger charge is 2.26. The zero-order valence-corrected chi connectivity index (χ0v) is 10.0. The van der Waals surface area contributed by atoms with Crippen LogP contribution in [0.2, 0.25) is 0 Å². The normalized spacial score (nSPS) is 25.3. The number of halogens is 8. The third-order valence-corrected chi connectivity index (χ3v) is 2.95. The van der Waals surface area contributed by atoms with E-state index in [4.69, 9.17) is 0 Å². The molecule has 0 aromatic rings. The molecule has 3 aliphatic rings. The Balaban J connectivity index is 0. The highest BCUT2D eigenvalue weighted by molar-refractivity contribution is 6.50. The van der Waals surface area contributed by atoms with Gasteiger partial charge in [-0.15, -0.1) is 0 Å². The van der Waals surface area contributed by atoms with Gasteiger partial charge in [-0.1, -0.05) is 38.5 Å². The van der Waals surface area contributed by atoms with Crippen LogP contribution in [0.15, 0.2) is 0 Å². The third kappa shape index (κ3) is 19.9. The van der Waals surface area contributed by atoms with Gasteiger partial charge >= 0.3 is 20.7 Å². The Morgan fingerprint density at radius 3 is 0.632 bits per heavy atom. The van der Waals surface area contributed by atoms with Crippen molar-refractivity contribution in [1.82, 2.24) is 6.15 Å². The van der Waals surface area contributed by atoms with E-state index in [1.165, 1.54) is 0 Å². The van der Waals surface area contributed by atoms with E-state index in [9.17, 15) is 34.5 Å². The summed E-state index contributed by atoms with van der Waals surface area (Å²) in [5, 5.41) is 0. The summed E-state index contributed by atoms with van der Waals surface area (Å²) in [5.74, 6) is 2.31. The van der Waals surface area contributed by atoms with Crippen LogP contribution < -0.4 is 6.15 Å². The summed E-state index contributed by atoms with van der Waals surface area (Å²) >= 11 is 0. The first kappa shape index (κ1) is 20.7. The number of hydrogen-bond acceptors (Lipinski definition) is 0. The van der Waals surface area contributed by atoms with Crippen LogP contribution in [-0.2, 0) is 0 Å². The molecule has 3 fully saturated rings. The topological polar surface area (TPSA) is 30.5 Å². The Hall–Kier alpha value is -0.630. The van der Waals surface area contributed by atoms with E-state index in [0.29, 0.717) is 0 Å². The molecular weight excluding hydrogens is 284 g/mol. The molecule has 0 aromatic carbocycles.